The second-order valence-electron chi connectivity index (χ2n) is 6.20. The van der Waals surface area contributed by atoms with Gasteiger partial charge in [-0.25, -0.2) is 4.79 Å². The Morgan fingerprint density at radius 2 is 1.86 bits per heavy atom. The molecule has 1 unspecified atom stereocenters. The van der Waals surface area contributed by atoms with E-state index in [1.54, 1.807) is 12.1 Å². The van der Waals surface area contributed by atoms with Crippen molar-refractivity contribution in [3.63, 3.8) is 0 Å². The van der Waals surface area contributed by atoms with Gasteiger partial charge in [-0.1, -0.05) is 26.0 Å². The van der Waals surface area contributed by atoms with Crippen molar-refractivity contribution in [3.05, 3.63) is 29.8 Å². The number of hydrogen-bond donors (Lipinski definition) is 3. The predicted octanol–water partition coefficient (Wildman–Crippen LogP) is 1.92. The van der Waals surface area contributed by atoms with Crippen LogP contribution < -0.4 is 11.1 Å². The quantitative estimate of drug-likeness (QED) is 0.698. The van der Waals surface area contributed by atoms with Crippen molar-refractivity contribution in [2.75, 3.05) is 5.73 Å². The topological polar surface area (TPSA) is 92.4 Å². The lowest BCUT2D eigenvalue weighted by atomic mass is 9.93. The standard InChI is InChI=1S/C16H22N2O3/c1-10(2)9-13(14(19)20)18-15(21)16(7-8-16)11-3-5-12(17)6-4-11/h3-6,10,13H,7-9,17H2,1-2H3,(H,18,21)(H,19,20). The van der Waals surface area contributed by atoms with E-state index < -0.39 is 17.4 Å². The summed E-state index contributed by atoms with van der Waals surface area (Å²) in [6, 6.07) is 6.40. The van der Waals surface area contributed by atoms with Crippen LogP contribution in [0.3, 0.4) is 0 Å². The van der Waals surface area contributed by atoms with E-state index in [4.69, 9.17) is 5.73 Å². The van der Waals surface area contributed by atoms with Crippen molar-refractivity contribution >= 4 is 17.6 Å². The molecule has 1 aliphatic carbocycles. The Hall–Kier alpha value is -2.04. The monoisotopic (exact) mass is 290 g/mol. The average molecular weight is 290 g/mol. The first-order chi connectivity index (χ1) is 9.85. The van der Waals surface area contributed by atoms with Crippen molar-refractivity contribution in [1.82, 2.24) is 5.32 Å². The Labute approximate surface area is 124 Å². The van der Waals surface area contributed by atoms with Gasteiger partial charge in [0.05, 0.1) is 5.41 Å². The summed E-state index contributed by atoms with van der Waals surface area (Å²) in [6.07, 6.45) is 1.92. The van der Waals surface area contributed by atoms with Gasteiger partial charge in [0.25, 0.3) is 0 Å². The third-order valence-electron chi connectivity index (χ3n) is 3.96. The molecule has 1 fully saturated rings. The molecule has 0 heterocycles. The zero-order valence-corrected chi connectivity index (χ0v) is 12.4. The van der Waals surface area contributed by atoms with E-state index in [2.05, 4.69) is 5.32 Å². The normalized spacial score (nSPS) is 17.3. The van der Waals surface area contributed by atoms with Gasteiger partial charge in [0.2, 0.25) is 5.91 Å². The van der Waals surface area contributed by atoms with Gasteiger partial charge in [0, 0.05) is 5.69 Å². The van der Waals surface area contributed by atoms with E-state index in [0.29, 0.717) is 12.1 Å². The molecule has 1 aromatic carbocycles. The molecular formula is C16H22N2O3. The van der Waals surface area contributed by atoms with Gasteiger partial charge in [-0.05, 0) is 42.9 Å². The number of nitrogen functional groups attached to an aromatic ring is 1. The van der Waals surface area contributed by atoms with E-state index >= 15 is 0 Å². The Morgan fingerprint density at radius 3 is 2.29 bits per heavy atom. The molecule has 1 saturated carbocycles. The molecule has 0 aromatic heterocycles. The number of carboxylic acids is 1. The molecule has 2 rings (SSSR count). The number of rotatable bonds is 6. The van der Waals surface area contributed by atoms with Crippen LogP contribution in [0.15, 0.2) is 24.3 Å². The Bertz CT molecular complexity index is 533. The molecule has 21 heavy (non-hydrogen) atoms. The first-order valence-corrected chi connectivity index (χ1v) is 7.25. The molecular weight excluding hydrogens is 268 g/mol. The maximum absolute atomic E-state index is 12.5. The Morgan fingerprint density at radius 1 is 1.29 bits per heavy atom. The molecule has 1 aliphatic rings. The molecule has 1 atom stereocenters. The second kappa shape index (κ2) is 5.76. The van der Waals surface area contributed by atoms with Crippen molar-refractivity contribution in [3.8, 4) is 0 Å². The number of nitrogens with one attached hydrogen (secondary N) is 1. The summed E-state index contributed by atoms with van der Waals surface area (Å²) in [4.78, 5) is 23.8. The zero-order valence-electron chi connectivity index (χ0n) is 12.4. The maximum Gasteiger partial charge on any atom is 0.326 e. The summed E-state index contributed by atoms with van der Waals surface area (Å²) >= 11 is 0. The highest BCUT2D eigenvalue weighted by molar-refractivity contribution is 5.94. The van der Waals surface area contributed by atoms with Gasteiger partial charge in [-0.2, -0.15) is 0 Å². The van der Waals surface area contributed by atoms with E-state index in [9.17, 15) is 14.7 Å². The summed E-state index contributed by atoms with van der Waals surface area (Å²) < 4.78 is 0. The molecule has 0 radical (unpaired) electrons. The number of carbonyl (C=O) groups excluding carboxylic acids is 1. The SMILES string of the molecule is CC(C)CC(NC(=O)C1(c2ccc(N)cc2)CC1)C(=O)O. The lowest BCUT2D eigenvalue weighted by molar-refractivity contribution is -0.142. The molecule has 5 heteroatoms. The number of benzene rings is 1. The van der Waals surface area contributed by atoms with Crippen molar-refractivity contribution in [1.29, 1.82) is 0 Å². The number of amides is 1. The minimum atomic E-state index is -0.981. The van der Waals surface area contributed by atoms with Crippen LogP contribution in [-0.4, -0.2) is 23.0 Å². The van der Waals surface area contributed by atoms with Crippen LogP contribution in [0.2, 0.25) is 0 Å². The number of aliphatic carboxylic acids is 1. The van der Waals surface area contributed by atoms with Crippen molar-refractivity contribution in [2.45, 2.75) is 44.6 Å². The largest absolute Gasteiger partial charge is 0.480 e. The highest BCUT2D eigenvalue weighted by Gasteiger charge is 2.51. The van der Waals surface area contributed by atoms with Gasteiger partial charge < -0.3 is 16.2 Å². The molecule has 0 saturated heterocycles. The highest BCUT2D eigenvalue weighted by atomic mass is 16.4. The fraction of sp³-hybridized carbons (Fsp3) is 0.500. The molecule has 1 aromatic rings. The van der Waals surface area contributed by atoms with Gasteiger partial charge in [0.1, 0.15) is 6.04 Å². The minimum Gasteiger partial charge on any atom is -0.480 e. The highest BCUT2D eigenvalue weighted by Crippen LogP contribution is 2.48. The van der Waals surface area contributed by atoms with E-state index in [1.165, 1.54) is 0 Å². The van der Waals surface area contributed by atoms with Crippen LogP contribution in [0.1, 0.15) is 38.7 Å². The summed E-state index contributed by atoms with van der Waals surface area (Å²) in [7, 11) is 0. The fourth-order valence-corrected chi connectivity index (χ4v) is 2.56. The van der Waals surface area contributed by atoms with E-state index in [1.807, 2.05) is 26.0 Å². The van der Waals surface area contributed by atoms with Crippen molar-refractivity contribution in [2.24, 2.45) is 5.92 Å². The molecule has 1 amide bonds. The predicted molar refractivity (Wildman–Crippen MR) is 80.8 cm³/mol. The lowest BCUT2D eigenvalue weighted by Gasteiger charge is -2.21. The van der Waals surface area contributed by atoms with Crippen LogP contribution in [0.5, 0.6) is 0 Å². The molecule has 5 nitrogen and oxygen atoms in total. The van der Waals surface area contributed by atoms with E-state index in [-0.39, 0.29) is 11.8 Å². The zero-order chi connectivity index (χ0) is 15.6. The van der Waals surface area contributed by atoms with Gasteiger partial charge in [0.15, 0.2) is 0 Å². The molecule has 114 valence electrons. The summed E-state index contributed by atoms with van der Waals surface area (Å²) in [6.45, 7) is 3.88. The molecule has 0 aliphatic heterocycles. The van der Waals surface area contributed by atoms with Crippen LogP contribution in [0, 0.1) is 5.92 Å². The van der Waals surface area contributed by atoms with Gasteiger partial charge in [-0.15, -0.1) is 0 Å². The van der Waals surface area contributed by atoms with Gasteiger partial charge in [-0.3, -0.25) is 4.79 Å². The number of anilines is 1. The number of carboxylic acid groups (broad SMARTS) is 1. The Kier molecular flexibility index (Phi) is 4.21. The fourth-order valence-electron chi connectivity index (χ4n) is 2.56. The summed E-state index contributed by atoms with van der Waals surface area (Å²) in [5.74, 6) is -0.969. The number of nitrogens with two attached hydrogens (primary N) is 1. The van der Waals surface area contributed by atoms with Crippen LogP contribution in [0.4, 0.5) is 5.69 Å². The van der Waals surface area contributed by atoms with Crippen LogP contribution in [0.25, 0.3) is 0 Å². The molecule has 4 N–H and O–H groups in total. The third kappa shape index (κ3) is 3.35. The van der Waals surface area contributed by atoms with Gasteiger partial charge >= 0.3 is 5.97 Å². The lowest BCUT2D eigenvalue weighted by Crippen LogP contribution is -2.46. The van der Waals surface area contributed by atoms with E-state index in [0.717, 1.165) is 18.4 Å². The first kappa shape index (κ1) is 15.4. The Balaban J connectivity index is 2.11. The maximum atomic E-state index is 12.5. The summed E-state index contributed by atoms with van der Waals surface area (Å²) in [5, 5.41) is 11.9. The van der Waals surface area contributed by atoms with Crippen molar-refractivity contribution < 1.29 is 14.7 Å². The third-order valence-corrected chi connectivity index (χ3v) is 3.96. The molecule has 0 bridgehead atoms. The smallest absolute Gasteiger partial charge is 0.326 e. The van der Waals surface area contributed by atoms with Crippen LogP contribution in [-0.2, 0) is 15.0 Å². The first-order valence-electron chi connectivity index (χ1n) is 7.25. The summed E-state index contributed by atoms with van der Waals surface area (Å²) in [5.41, 5.74) is 6.65. The molecule has 0 spiro atoms. The minimum absolute atomic E-state index is 0.194. The number of hydrogen-bond acceptors (Lipinski definition) is 3. The average Bonchev–Trinajstić information content (AvgIpc) is 3.19. The van der Waals surface area contributed by atoms with Crippen LogP contribution >= 0.6 is 0 Å². The second-order valence-corrected chi connectivity index (χ2v) is 6.20. The number of carbonyl (C=O) groups is 2.